The molecule has 0 aliphatic heterocycles. The highest BCUT2D eigenvalue weighted by Crippen LogP contribution is 2.37. The summed E-state index contributed by atoms with van der Waals surface area (Å²) in [5.74, 6) is -0.655. The lowest BCUT2D eigenvalue weighted by Gasteiger charge is -2.10. The molecule has 0 spiro atoms. The molecule has 0 aliphatic rings. The predicted molar refractivity (Wildman–Crippen MR) is 124 cm³/mol. The lowest BCUT2D eigenvalue weighted by molar-refractivity contribution is -0.385. The number of fused-ring (bicyclic) bond motifs is 1. The number of nitrogens with one attached hydrogen (secondary N) is 1. The average molecular weight is 548 g/mol. The van der Waals surface area contributed by atoms with E-state index >= 15 is 0 Å². The van der Waals surface area contributed by atoms with Crippen molar-refractivity contribution in [3.8, 4) is 11.5 Å². The number of carbonyl (C=O) groups excluding carboxylic acids is 1. The number of halogens is 4. The molecule has 0 radical (unpaired) electrons. The number of nitrogens with zero attached hydrogens (tertiary/aromatic N) is 2. The van der Waals surface area contributed by atoms with E-state index in [4.69, 9.17) is 9.15 Å². The van der Waals surface area contributed by atoms with Gasteiger partial charge in [0.1, 0.15) is 11.3 Å². The van der Waals surface area contributed by atoms with E-state index in [0.29, 0.717) is 23.3 Å². The van der Waals surface area contributed by atoms with Crippen LogP contribution in [0.5, 0.6) is 11.5 Å². The van der Waals surface area contributed by atoms with Gasteiger partial charge >= 0.3 is 17.8 Å². The van der Waals surface area contributed by atoms with E-state index < -0.39 is 28.3 Å². The molecule has 0 saturated carbocycles. The standard InChI is InChI=1S/C23H13BrF3N3O5/c24-16-4-8-19-14(9-16)10-21(35-19)22(31)29-28-12-13-1-5-17(6-2-13)34-20-7-3-15(23(25,26)27)11-18(20)30(32)33/h1-12H,(H,29,31). The molecule has 0 aliphatic carbocycles. The maximum Gasteiger partial charge on any atom is 0.416 e. The first-order chi connectivity index (χ1) is 16.6. The number of benzene rings is 3. The topological polar surface area (TPSA) is 107 Å². The summed E-state index contributed by atoms with van der Waals surface area (Å²) in [5.41, 5.74) is 1.47. The Morgan fingerprint density at radius 2 is 1.83 bits per heavy atom. The van der Waals surface area contributed by atoms with Gasteiger partial charge < -0.3 is 9.15 Å². The van der Waals surface area contributed by atoms with Crippen LogP contribution in [0.15, 0.2) is 80.7 Å². The molecule has 1 heterocycles. The molecule has 12 heteroatoms. The van der Waals surface area contributed by atoms with Gasteiger partial charge in [-0.1, -0.05) is 15.9 Å². The summed E-state index contributed by atoms with van der Waals surface area (Å²) in [6.07, 6.45) is -3.37. The monoisotopic (exact) mass is 547 g/mol. The molecular weight excluding hydrogens is 535 g/mol. The van der Waals surface area contributed by atoms with Crippen LogP contribution in [0.1, 0.15) is 21.7 Å². The maximum atomic E-state index is 12.8. The number of furan rings is 1. The number of ether oxygens (including phenoxy) is 1. The molecule has 1 aromatic heterocycles. The van der Waals surface area contributed by atoms with E-state index in [1.54, 1.807) is 30.3 Å². The summed E-state index contributed by atoms with van der Waals surface area (Å²) in [5, 5.41) is 15.8. The Balaban J connectivity index is 1.41. The van der Waals surface area contributed by atoms with Gasteiger partial charge in [0, 0.05) is 15.9 Å². The quantitative estimate of drug-likeness (QED) is 0.164. The molecule has 0 fully saturated rings. The number of nitro groups is 1. The van der Waals surface area contributed by atoms with Gasteiger partial charge in [-0.2, -0.15) is 18.3 Å². The van der Waals surface area contributed by atoms with Gasteiger partial charge in [-0.3, -0.25) is 14.9 Å². The van der Waals surface area contributed by atoms with Gasteiger partial charge in [-0.25, -0.2) is 5.43 Å². The molecular formula is C23H13BrF3N3O5. The third kappa shape index (κ3) is 5.66. The maximum absolute atomic E-state index is 12.8. The molecule has 4 aromatic rings. The molecule has 35 heavy (non-hydrogen) atoms. The molecule has 3 aromatic carbocycles. The van der Waals surface area contributed by atoms with Crippen molar-refractivity contribution in [1.29, 1.82) is 0 Å². The van der Waals surface area contributed by atoms with Crippen LogP contribution in [0.4, 0.5) is 18.9 Å². The number of carbonyl (C=O) groups is 1. The number of hydrazone groups is 1. The van der Waals surface area contributed by atoms with Crippen molar-refractivity contribution in [3.63, 3.8) is 0 Å². The summed E-state index contributed by atoms with van der Waals surface area (Å²) in [6.45, 7) is 0. The smallest absolute Gasteiger partial charge is 0.416 e. The second kappa shape index (κ2) is 9.58. The van der Waals surface area contributed by atoms with Gasteiger partial charge in [0.25, 0.3) is 0 Å². The average Bonchev–Trinajstić information content (AvgIpc) is 3.23. The summed E-state index contributed by atoms with van der Waals surface area (Å²) in [6, 6.07) is 14.9. The Morgan fingerprint density at radius 1 is 1.09 bits per heavy atom. The SMILES string of the molecule is O=C(NN=Cc1ccc(Oc2ccc(C(F)(F)F)cc2[N+](=O)[O-])cc1)c1cc2cc(Br)ccc2o1. The van der Waals surface area contributed by atoms with Crippen molar-refractivity contribution in [2.45, 2.75) is 6.18 Å². The van der Waals surface area contributed by atoms with Crippen molar-refractivity contribution in [1.82, 2.24) is 5.43 Å². The third-order valence-electron chi connectivity index (χ3n) is 4.67. The Hall–Kier alpha value is -4.19. The summed E-state index contributed by atoms with van der Waals surface area (Å²) in [4.78, 5) is 22.5. The normalized spacial score (nSPS) is 11.7. The highest BCUT2D eigenvalue weighted by atomic mass is 79.9. The number of nitro benzene ring substituents is 1. The Morgan fingerprint density at radius 3 is 2.51 bits per heavy atom. The lowest BCUT2D eigenvalue weighted by atomic mass is 10.2. The van der Waals surface area contributed by atoms with Gasteiger partial charge in [-0.05, 0) is 66.2 Å². The largest absolute Gasteiger partial charge is 0.451 e. The third-order valence-corrected chi connectivity index (χ3v) is 5.17. The minimum absolute atomic E-state index is 0.0807. The second-order valence-corrected chi connectivity index (χ2v) is 8.02. The van der Waals surface area contributed by atoms with Gasteiger partial charge in [0.2, 0.25) is 5.75 Å². The van der Waals surface area contributed by atoms with Crippen LogP contribution in [0.2, 0.25) is 0 Å². The van der Waals surface area contributed by atoms with Gasteiger partial charge in [0.05, 0.1) is 16.7 Å². The van der Waals surface area contributed by atoms with Gasteiger partial charge in [-0.15, -0.1) is 0 Å². The number of amides is 1. The molecule has 4 rings (SSSR count). The number of hydrogen-bond acceptors (Lipinski definition) is 6. The Labute approximate surface area is 203 Å². The molecule has 0 saturated heterocycles. The molecule has 0 unspecified atom stereocenters. The fourth-order valence-corrected chi connectivity index (χ4v) is 3.40. The lowest BCUT2D eigenvalue weighted by Crippen LogP contribution is -2.16. The van der Waals surface area contributed by atoms with E-state index in [9.17, 15) is 28.1 Å². The second-order valence-electron chi connectivity index (χ2n) is 7.10. The number of alkyl halides is 3. The van der Waals surface area contributed by atoms with E-state index in [1.165, 1.54) is 18.3 Å². The molecule has 0 atom stereocenters. The van der Waals surface area contributed by atoms with Crippen molar-refractivity contribution in [2.75, 3.05) is 0 Å². The zero-order valence-corrected chi connectivity index (χ0v) is 19.0. The fraction of sp³-hybridized carbons (Fsp3) is 0.0435. The zero-order chi connectivity index (χ0) is 25.2. The van der Waals surface area contributed by atoms with Crippen LogP contribution in [0, 0.1) is 10.1 Å². The van der Waals surface area contributed by atoms with E-state index in [2.05, 4.69) is 26.5 Å². The zero-order valence-electron chi connectivity index (χ0n) is 17.4. The summed E-state index contributed by atoms with van der Waals surface area (Å²) in [7, 11) is 0. The van der Waals surface area contributed by atoms with E-state index in [1.807, 2.05) is 6.07 Å². The van der Waals surface area contributed by atoms with Crippen LogP contribution < -0.4 is 10.2 Å². The van der Waals surface area contributed by atoms with E-state index in [0.717, 1.165) is 15.9 Å². The van der Waals surface area contributed by atoms with Crippen molar-refractivity contribution < 1.29 is 32.0 Å². The highest BCUT2D eigenvalue weighted by molar-refractivity contribution is 9.10. The fourth-order valence-electron chi connectivity index (χ4n) is 3.02. The van der Waals surface area contributed by atoms with Crippen molar-refractivity contribution >= 4 is 44.7 Å². The predicted octanol–water partition coefficient (Wildman–Crippen LogP) is 6.68. The van der Waals surface area contributed by atoms with Crippen molar-refractivity contribution in [3.05, 3.63) is 98.2 Å². The highest BCUT2D eigenvalue weighted by Gasteiger charge is 2.33. The first-order valence-corrected chi connectivity index (χ1v) is 10.6. The van der Waals surface area contributed by atoms with Crippen molar-refractivity contribution in [2.24, 2.45) is 5.10 Å². The molecule has 0 bridgehead atoms. The van der Waals surface area contributed by atoms with E-state index in [-0.39, 0.29) is 17.3 Å². The first-order valence-electron chi connectivity index (χ1n) is 9.76. The van der Waals surface area contributed by atoms with Crippen LogP contribution in [0.3, 0.4) is 0 Å². The Kier molecular flexibility index (Phi) is 6.56. The van der Waals surface area contributed by atoms with Crippen LogP contribution in [0.25, 0.3) is 11.0 Å². The molecule has 1 N–H and O–H groups in total. The number of hydrogen-bond donors (Lipinski definition) is 1. The summed E-state index contributed by atoms with van der Waals surface area (Å²) < 4.78 is 50.2. The summed E-state index contributed by atoms with van der Waals surface area (Å²) >= 11 is 3.34. The van der Waals surface area contributed by atoms with Crippen LogP contribution >= 0.6 is 15.9 Å². The molecule has 1 amide bonds. The first kappa shape index (κ1) is 24.0. The van der Waals surface area contributed by atoms with Crippen LogP contribution in [-0.2, 0) is 6.18 Å². The minimum atomic E-state index is -4.72. The molecule has 8 nitrogen and oxygen atoms in total. The van der Waals surface area contributed by atoms with Crippen LogP contribution in [-0.4, -0.2) is 17.0 Å². The minimum Gasteiger partial charge on any atom is -0.451 e. The molecule has 178 valence electrons. The number of rotatable bonds is 6. The Bertz CT molecular complexity index is 1450. The van der Waals surface area contributed by atoms with Gasteiger partial charge in [0.15, 0.2) is 5.76 Å².